The molecule has 178 valence electrons. The molecule has 1 amide bonds. The Morgan fingerprint density at radius 3 is 2.71 bits per heavy atom. The zero-order valence-electron chi connectivity index (χ0n) is 19.3. The number of hydrogen-bond acceptors (Lipinski definition) is 7. The number of benzene rings is 2. The van der Waals surface area contributed by atoms with Crippen LogP contribution >= 0.6 is 11.8 Å². The maximum Gasteiger partial charge on any atom is 0.284 e. The molecule has 1 aliphatic carbocycles. The highest BCUT2D eigenvalue weighted by Gasteiger charge is 2.22. The summed E-state index contributed by atoms with van der Waals surface area (Å²) in [6.07, 6.45) is 7.76. The lowest BCUT2D eigenvalue weighted by atomic mass is 9.94. The van der Waals surface area contributed by atoms with Crippen LogP contribution in [0.2, 0.25) is 0 Å². The summed E-state index contributed by atoms with van der Waals surface area (Å²) in [5, 5.41) is 22.9. The van der Waals surface area contributed by atoms with Crippen LogP contribution in [0.3, 0.4) is 0 Å². The molecule has 0 saturated heterocycles. The Kier molecular flexibility index (Phi) is 7.59. The Balaban J connectivity index is 1.51. The van der Waals surface area contributed by atoms with Gasteiger partial charge >= 0.3 is 0 Å². The van der Waals surface area contributed by atoms with Crippen molar-refractivity contribution < 1.29 is 9.72 Å². The van der Waals surface area contributed by atoms with Gasteiger partial charge in [0.1, 0.15) is 6.33 Å². The van der Waals surface area contributed by atoms with E-state index in [0.29, 0.717) is 16.1 Å². The maximum atomic E-state index is 13.0. The van der Waals surface area contributed by atoms with Crippen molar-refractivity contribution in [1.82, 2.24) is 19.7 Å². The minimum absolute atomic E-state index is 0.147. The van der Waals surface area contributed by atoms with E-state index in [0.717, 1.165) is 29.6 Å². The average molecular weight is 481 g/mol. The van der Waals surface area contributed by atoms with Crippen LogP contribution in [0.25, 0.3) is 0 Å². The van der Waals surface area contributed by atoms with E-state index in [1.54, 1.807) is 23.7 Å². The van der Waals surface area contributed by atoms with Gasteiger partial charge in [0, 0.05) is 37.0 Å². The van der Waals surface area contributed by atoms with Crippen molar-refractivity contribution in [3.05, 3.63) is 70.0 Å². The number of nitrogens with one attached hydrogen (secondary N) is 1. The summed E-state index contributed by atoms with van der Waals surface area (Å²) in [6.45, 7) is 0.731. The fourth-order valence-corrected chi connectivity index (χ4v) is 5.10. The zero-order chi connectivity index (χ0) is 24.1. The summed E-state index contributed by atoms with van der Waals surface area (Å²) in [6, 6.07) is 12.8. The molecule has 9 nitrogen and oxygen atoms in total. The van der Waals surface area contributed by atoms with Crippen molar-refractivity contribution in [3.8, 4) is 0 Å². The lowest BCUT2D eigenvalue weighted by Gasteiger charge is -2.31. The number of carbonyl (C=O) groups is 1. The van der Waals surface area contributed by atoms with Gasteiger partial charge < -0.3 is 9.88 Å². The number of nitro groups is 1. The van der Waals surface area contributed by atoms with Crippen LogP contribution in [-0.4, -0.2) is 43.6 Å². The van der Waals surface area contributed by atoms with Gasteiger partial charge in [-0.1, -0.05) is 37.5 Å². The van der Waals surface area contributed by atoms with Crippen molar-refractivity contribution in [2.75, 3.05) is 12.4 Å². The number of hydrogen-bond donors (Lipinski definition) is 1. The molecule has 10 heteroatoms. The van der Waals surface area contributed by atoms with Gasteiger partial charge in [-0.05, 0) is 55.4 Å². The van der Waals surface area contributed by atoms with Gasteiger partial charge in [0.25, 0.3) is 11.6 Å². The first-order valence-electron chi connectivity index (χ1n) is 11.3. The molecule has 1 fully saturated rings. The number of anilines is 1. The molecule has 0 unspecified atom stereocenters. The van der Waals surface area contributed by atoms with Crippen LogP contribution in [0.15, 0.2) is 58.8 Å². The first-order chi connectivity index (χ1) is 16.4. The molecule has 0 aliphatic heterocycles. The Morgan fingerprint density at radius 2 is 2.00 bits per heavy atom. The van der Waals surface area contributed by atoms with Gasteiger partial charge in [-0.25, -0.2) is 0 Å². The first-order valence-corrected chi connectivity index (χ1v) is 12.1. The Morgan fingerprint density at radius 1 is 1.24 bits per heavy atom. The molecular weight excluding hydrogens is 452 g/mol. The van der Waals surface area contributed by atoms with Crippen molar-refractivity contribution >= 4 is 29.0 Å². The Labute approximate surface area is 202 Å². The largest absolute Gasteiger partial charge is 0.322 e. The summed E-state index contributed by atoms with van der Waals surface area (Å²) in [5.41, 5.74) is 1.82. The lowest BCUT2D eigenvalue weighted by Crippen LogP contribution is -2.33. The second-order valence-electron chi connectivity index (χ2n) is 8.58. The van der Waals surface area contributed by atoms with E-state index in [1.807, 2.05) is 24.3 Å². The number of rotatable bonds is 8. The van der Waals surface area contributed by atoms with E-state index in [9.17, 15) is 14.9 Å². The van der Waals surface area contributed by atoms with Crippen molar-refractivity contribution in [1.29, 1.82) is 0 Å². The van der Waals surface area contributed by atoms with E-state index in [4.69, 9.17) is 0 Å². The normalized spacial score (nSPS) is 14.3. The number of nitro benzene ring substituents is 1. The second-order valence-corrected chi connectivity index (χ2v) is 9.59. The molecule has 1 aliphatic rings. The standard InChI is InChI=1S/C24H28N6O3S/c1-28(19-9-4-3-5-10-19)15-18-8-6-7-11-20(18)26-23(31)17-12-13-22(21(14-17)30(32)33)34-24-27-25-16-29(24)2/h6-8,11-14,16,19H,3-5,9-10,15H2,1-2H3,(H,26,31). The highest BCUT2D eigenvalue weighted by Crippen LogP contribution is 2.34. The molecule has 0 spiro atoms. The van der Waals surface area contributed by atoms with Crippen molar-refractivity contribution in [3.63, 3.8) is 0 Å². The summed E-state index contributed by atoms with van der Waals surface area (Å²) in [4.78, 5) is 27.0. The third-order valence-corrected chi connectivity index (χ3v) is 7.29. The van der Waals surface area contributed by atoms with E-state index in [-0.39, 0.29) is 17.2 Å². The zero-order valence-corrected chi connectivity index (χ0v) is 20.1. The molecule has 2 aromatic carbocycles. The summed E-state index contributed by atoms with van der Waals surface area (Å²) < 4.78 is 1.68. The SMILES string of the molecule is CN(Cc1ccccc1NC(=O)c1ccc(Sc2nncn2C)c([N+](=O)[O-])c1)C1CCCCC1. The smallest absolute Gasteiger partial charge is 0.284 e. The van der Waals surface area contributed by atoms with E-state index in [1.165, 1.54) is 44.5 Å². The van der Waals surface area contributed by atoms with E-state index >= 15 is 0 Å². The average Bonchev–Trinajstić information content (AvgIpc) is 3.25. The predicted molar refractivity (Wildman–Crippen MR) is 131 cm³/mol. The third-order valence-electron chi connectivity index (χ3n) is 6.17. The minimum atomic E-state index is -0.484. The number of carbonyl (C=O) groups excluding carboxylic acids is 1. The van der Waals surface area contributed by atoms with Crippen LogP contribution in [0.5, 0.6) is 0 Å². The van der Waals surface area contributed by atoms with Gasteiger partial charge in [-0.3, -0.25) is 19.8 Å². The highest BCUT2D eigenvalue weighted by atomic mass is 32.2. The molecule has 34 heavy (non-hydrogen) atoms. The first kappa shape index (κ1) is 23.9. The Bertz CT molecular complexity index is 1180. The summed E-state index contributed by atoms with van der Waals surface area (Å²) in [5.74, 6) is -0.383. The fraction of sp³-hybridized carbons (Fsp3) is 0.375. The molecule has 1 aromatic heterocycles. The van der Waals surface area contributed by atoms with Crippen molar-refractivity contribution in [2.45, 2.75) is 54.7 Å². The molecule has 1 N–H and O–H groups in total. The topological polar surface area (TPSA) is 106 Å². The van der Waals surface area contributed by atoms with Gasteiger partial charge in [0.05, 0.1) is 9.82 Å². The predicted octanol–water partition coefficient (Wildman–Crippen LogP) is 4.89. The number of aryl methyl sites for hydroxylation is 1. The molecule has 4 rings (SSSR count). The molecule has 3 aromatic rings. The van der Waals surface area contributed by atoms with Crippen LogP contribution in [0.4, 0.5) is 11.4 Å². The molecule has 1 heterocycles. The molecular formula is C24H28N6O3S. The number of aromatic nitrogens is 3. The van der Waals surface area contributed by atoms with Crippen LogP contribution in [-0.2, 0) is 13.6 Å². The molecule has 0 bridgehead atoms. The van der Waals surface area contributed by atoms with E-state index in [2.05, 4.69) is 27.5 Å². The van der Waals surface area contributed by atoms with Crippen LogP contribution in [0, 0.1) is 10.1 Å². The third kappa shape index (κ3) is 5.63. The molecule has 0 radical (unpaired) electrons. The van der Waals surface area contributed by atoms with Crippen LogP contribution in [0.1, 0.15) is 48.0 Å². The number of amides is 1. The number of para-hydroxylation sites is 1. The highest BCUT2D eigenvalue weighted by molar-refractivity contribution is 7.99. The van der Waals surface area contributed by atoms with Crippen LogP contribution < -0.4 is 5.32 Å². The Hall–Kier alpha value is -3.24. The summed E-state index contributed by atoms with van der Waals surface area (Å²) >= 11 is 1.13. The lowest BCUT2D eigenvalue weighted by molar-refractivity contribution is -0.387. The maximum absolute atomic E-state index is 13.0. The van der Waals surface area contributed by atoms with Gasteiger partial charge in [-0.2, -0.15) is 0 Å². The van der Waals surface area contributed by atoms with Gasteiger partial charge in [0.15, 0.2) is 5.16 Å². The minimum Gasteiger partial charge on any atom is -0.322 e. The van der Waals surface area contributed by atoms with Gasteiger partial charge in [-0.15, -0.1) is 10.2 Å². The number of nitrogens with zero attached hydrogens (tertiary/aromatic N) is 5. The fourth-order valence-electron chi connectivity index (χ4n) is 4.25. The summed E-state index contributed by atoms with van der Waals surface area (Å²) in [7, 11) is 3.89. The van der Waals surface area contributed by atoms with Crippen molar-refractivity contribution in [2.24, 2.45) is 7.05 Å². The molecule has 1 saturated carbocycles. The van der Waals surface area contributed by atoms with E-state index < -0.39 is 4.92 Å². The van der Waals surface area contributed by atoms with Gasteiger partial charge in [0.2, 0.25) is 0 Å². The second kappa shape index (κ2) is 10.8. The quantitative estimate of drug-likeness (QED) is 0.361. The monoisotopic (exact) mass is 480 g/mol. The molecule has 0 atom stereocenters.